The van der Waals surface area contributed by atoms with Crippen LogP contribution in [0.3, 0.4) is 0 Å². The molecule has 3 atom stereocenters. The standard InChI is InChI=1S/C25H31FN4O2/c1-15-6-5-7-22(16(15)2)28-23(31)14-30-25(32)24-18(4)29(17(3)21(24)12-27-30)13-19-8-10-20(26)11-9-19/h8-12,15-16,22H,5-7,13-14H2,1-4H3,(H,28,31)/t15-,16+,22-/m1/s1. The Balaban J connectivity index is 1.58. The molecule has 0 saturated heterocycles. The van der Waals surface area contributed by atoms with E-state index < -0.39 is 0 Å². The van der Waals surface area contributed by atoms with E-state index in [-0.39, 0.29) is 29.9 Å². The van der Waals surface area contributed by atoms with Crippen LogP contribution in [0.15, 0.2) is 35.3 Å². The highest BCUT2D eigenvalue weighted by Gasteiger charge is 2.28. The Labute approximate surface area is 187 Å². The summed E-state index contributed by atoms with van der Waals surface area (Å²) in [5.74, 6) is 0.551. The van der Waals surface area contributed by atoms with Crippen molar-refractivity contribution >= 4 is 16.7 Å². The van der Waals surface area contributed by atoms with Crippen molar-refractivity contribution in [3.8, 4) is 0 Å². The van der Waals surface area contributed by atoms with E-state index in [1.54, 1.807) is 18.3 Å². The van der Waals surface area contributed by atoms with Crippen molar-refractivity contribution in [1.29, 1.82) is 0 Å². The monoisotopic (exact) mass is 438 g/mol. The average Bonchev–Trinajstić information content (AvgIpc) is 3.00. The molecule has 170 valence electrons. The van der Waals surface area contributed by atoms with Gasteiger partial charge in [-0.25, -0.2) is 9.07 Å². The number of amides is 1. The number of carbonyl (C=O) groups excluding carboxylic acids is 1. The lowest BCUT2D eigenvalue weighted by molar-refractivity contribution is -0.123. The van der Waals surface area contributed by atoms with Gasteiger partial charge in [0, 0.05) is 29.4 Å². The van der Waals surface area contributed by atoms with E-state index in [1.807, 2.05) is 18.4 Å². The zero-order valence-corrected chi connectivity index (χ0v) is 19.2. The molecule has 1 aliphatic carbocycles. The van der Waals surface area contributed by atoms with Gasteiger partial charge < -0.3 is 9.88 Å². The van der Waals surface area contributed by atoms with Crippen molar-refractivity contribution < 1.29 is 9.18 Å². The number of nitrogens with one attached hydrogen (secondary N) is 1. The summed E-state index contributed by atoms with van der Waals surface area (Å²) in [4.78, 5) is 25.9. The van der Waals surface area contributed by atoms with Crippen LogP contribution < -0.4 is 10.9 Å². The van der Waals surface area contributed by atoms with E-state index in [0.29, 0.717) is 23.8 Å². The number of fused-ring (bicyclic) bond motifs is 1. The summed E-state index contributed by atoms with van der Waals surface area (Å²) in [5.41, 5.74) is 2.42. The number of carbonyl (C=O) groups is 1. The van der Waals surface area contributed by atoms with Crippen LogP contribution in [0.2, 0.25) is 0 Å². The first-order chi connectivity index (χ1) is 15.3. The number of hydrogen-bond acceptors (Lipinski definition) is 3. The molecule has 32 heavy (non-hydrogen) atoms. The van der Waals surface area contributed by atoms with Crippen molar-refractivity contribution in [3.63, 3.8) is 0 Å². The molecule has 1 fully saturated rings. The highest BCUT2D eigenvalue weighted by Crippen LogP contribution is 2.29. The fraction of sp³-hybridized carbons (Fsp3) is 0.480. The fourth-order valence-electron chi connectivity index (χ4n) is 4.94. The van der Waals surface area contributed by atoms with E-state index >= 15 is 0 Å². The van der Waals surface area contributed by atoms with Gasteiger partial charge in [0.2, 0.25) is 5.91 Å². The SMILES string of the molecule is Cc1c2cnn(CC(=O)N[C@@H]3CCC[C@@H](C)[C@@H]3C)c(=O)c2c(C)n1Cc1ccc(F)cc1. The minimum Gasteiger partial charge on any atom is -0.351 e. The highest BCUT2D eigenvalue weighted by molar-refractivity contribution is 5.87. The van der Waals surface area contributed by atoms with Gasteiger partial charge in [0.25, 0.3) is 5.56 Å². The predicted molar refractivity (Wildman–Crippen MR) is 123 cm³/mol. The van der Waals surface area contributed by atoms with Gasteiger partial charge in [-0.2, -0.15) is 5.10 Å². The number of aryl methyl sites for hydroxylation is 2. The van der Waals surface area contributed by atoms with Gasteiger partial charge in [0.05, 0.1) is 11.6 Å². The number of rotatable bonds is 5. The Morgan fingerprint density at radius 2 is 1.88 bits per heavy atom. The zero-order valence-electron chi connectivity index (χ0n) is 19.2. The molecule has 1 aromatic carbocycles. The average molecular weight is 439 g/mol. The Bertz CT molecular complexity index is 1200. The maximum atomic E-state index is 13.2. The third-order valence-electron chi connectivity index (χ3n) is 7.21. The third kappa shape index (κ3) is 4.20. The number of halogens is 1. The number of nitrogens with zero attached hydrogens (tertiary/aromatic N) is 3. The van der Waals surface area contributed by atoms with Crippen molar-refractivity contribution in [3.05, 3.63) is 63.6 Å². The topological polar surface area (TPSA) is 68.9 Å². The van der Waals surface area contributed by atoms with Gasteiger partial charge in [0.15, 0.2) is 0 Å². The molecule has 2 heterocycles. The first-order valence-corrected chi connectivity index (χ1v) is 11.4. The molecule has 0 radical (unpaired) electrons. The molecule has 0 bridgehead atoms. The Morgan fingerprint density at radius 1 is 1.16 bits per heavy atom. The molecule has 0 aliphatic heterocycles. The van der Waals surface area contributed by atoms with Gasteiger partial charge in [0.1, 0.15) is 12.4 Å². The molecule has 1 saturated carbocycles. The third-order valence-corrected chi connectivity index (χ3v) is 7.21. The Kier molecular flexibility index (Phi) is 6.17. The molecule has 3 aromatic rings. The first kappa shape index (κ1) is 22.2. The summed E-state index contributed by atoms with van der Waals surface area (Å²) < 4.78 is 16.5. The van der Waals surface area contributed by atoms with Gasteiger partial charge >= 0.3 is 0 Å². The van der Waals surface area contributed by atoms with E-state index in [1.165, 1.54) is 23.2 Å². The second-order valence-electron chi connectivity index (χ2n) is 9.22. The van der Waals surface area contributed by atoms with Gasteiger partial charge in [-0.05, 0) is 49.8 Å². The van der Waals surface area contributed by atoms with Crippen LogP contribution in [0.4, 0.5) is 4.39 Å². The van der Waals surface area contributed by atoms with Gasteiger partial charge in [-0.1, -0.05) is 38.8 Å². The van der Waals surface area contributed by atoms with Crippen molar-refractivity contribution in [2.45, 2.75) is 66.1 Å². The summed E-state index contributed by atoms with van der Waals surface area (Å²) in [6.07, 6.45) is 4.95. The quantitative estimate of drug-likeness (QED) is 0.656. The molecule has 0 spiro atoms. The molecule has 0 unspecified atom stereocenters. The maximum absolute atomic E-state index is 13.2. The fourth-order valence-corrected chi connectivity index (χ4v) is 4.94. The van der Waals surface area contributed by atoms with Crippen molar-refractivity contribution in [1.82, 2.24) is 19.7 Å². The lowest BCUT2D eigenvalue weighted by atomic mass is 9.78. The summed E-state index contributed by atoms with van der Waals surface area (Å²) in [5, 5.41) is 8.76. The van der Waals surface area contributed by atoms with E-state index in [9.17, 15) is 14.0 Å². The van der Waals surface area contributed by atoms with Crippen LogP contribution in [-0.2, 0) is 17.9 Å². The lowest BCUT2D eigenvalue weighted by Gasteiger charge is -2.34. The summed E-state index contributed by atoms with van der Waals surface area (Å²) >= 11 is 0. The largest absolute Gasteiger partial charge is 0.351 e. The van der Waals surface area contributed by atoms with Crippen molar-refractivity contribution in [2.75, 3.05) is 0 Å². The zero-order chi connectivity index (χ0) is 23.0. The summed E-state index contributed by atoms with van der Waals surface area (Å²) in [7, 11) is 0. The molecule has 2 aromatic heterocycles. The Morgan fingerprint density at radius 3 is 2.59 bits per heavy atom. The second-order valence-corrected chi connectivity index (χ2v) is 9.22. The number of aromatic nitrogens is 3. The first-order valence-electron chi connectivity index (χ1n) is 11.4. The summed E-state index contributed by atoms with van der Waals surface area (Å²) in [6.45, 7) is 8.70. The van der Waals surface area contributed by atoms with Crippen LogP contribution in [-0.4, -0.2) is 26.3 Å². The molecule has 1 N–H and O–H groups in total. The van der Waals surface area contributed by atoms with Crippen LogP contribution in [0.1, 0.15) is 50.1 Å². The lowest BCUT2D eigenvalue weighted by Crippen LogP contribution is -2.45. The molecular formula is C25H31FN4O2. The molecule has 6 nitrogen and oxygen atoms in total. The number of benzene rings is 1. The Hall–Kier alpha value is -2.96. The molecular weight excluding hydrogens is 407 g/mol. The molecule has 7 heteroatoms. The highest BCUT2D eigenvalue weighted by atomic mass is 19.1. The molecule has 1 aliphatic rings. The van der Waals surface area contributed by atoms with Crippen LogP contribution in [0.25, 0.3) is 10.8 Å². The van der Waals surface area contributed by atoms with E-state index in [4.69, 9.17) is 0 Å². The second kappa shape index (κ2) is 8.88. The van der Waals surface area contributed by atoms with Gasteiger partial charge in [-0.15, -0.1) is 0 Å². The smallest absolute Gasteiger partial charge is 0.276 e. The van der Waals surface area contributed by atoms with E-state index in [2.05, 4.69) is 24.3 Å². The summed E-state index contributed by atoms with van der Waals surface area (Å²) in [6, 6.07) is 6.50. The molecule has 1 amide bonds. The van der Waals surface area contributed by atoms with Crippen LogP contribution >= 0.6 is 0 Å². The van der Waals surface area contributed by atoms with Gasteiger partial charge in [-0.3, -0.25) is 9.59 Å². The van der Waals surface area contributed by atoms with Crippen LogP contribution in [0, 0.1) is 31.5 Å². The minimum atomic E-state index is -0.276. The minimum absolute atomic E-state index is 0.0893. The van der Waals surface area contributed by atoms with Crippen molar-refractivity contribution in [2.24, 2.45) is 11.8 Å². The normalized spacial score (nSPS) is 21.1. The van der Waals surface area contributed by atoms with Crippen LogP contribution in [0.5, 0.6) is 0 Å². The predicted octanol–water partition coefficient (Wildman–Crippen LogP) is 3.94. The van der Waals surface area contributed by atoms with E-state index in [0.717, 1.165) is 35.2 Å². The number of hydrogen-bond donors (Lipinski definition) is 1. The molecule has 4 rings (SSSR count). The maximum Gasteiger partial charge on any atom is 0.276 e.